The molecule has 1 rings (SSSR count). The molecule has 10 heteroatoms. The van der Waals surface area contributed by atoms with E-state index in [1.54, 1.807) is 14.0 Å². The van der Waals surface area contributed by atoms with E-state index >= 15 is 0 Å². The van der Waals surface area contributed by atoms with Gasteiger partial charge < -0.3 is 29.1 Å². The van der Waals surface area contributed by atoms with Crippen molar-refractivity contribution in [2.45, 2.75) is 31.0 Å². The molecule has 1 saturated heterocycles. The number of methoxy groups -OCH3 is 2. The predicted molar refractivity (Wildman–Crippen MR) is 77.3 cm³/mol. The molecule has 1 fully saturated rings. The highest BCUT2D eigenvalue weighted by Crippen LogP contribution is 2.34. The molecule has 0 saturated carbocycles. The molecule has 0 radical (unpaired) electrons. The standard InChI is InChI=1S/C13H23N3O7/c1-13(6-22-14)10(21-4)9(18)12(23-13)16(2)5-8(20-3)11(19)15-7-17/h5,7,9-10,12,18H,6,14H2,1-4H3,(H,15,17,19)/b8-5+. The zero-order valence-electron chi connectivity index (χ0n) is 13.5. The molecule has 0 spiro atoms. The van der Waals surface area contributed by atoms with E-state index in [4.69, 9.17) is 20.1 Å². The second-order valence-electron chi connectivity index (χ2n) is 5.23. The van der Waals surface area contributed by atoms with Gasteiger partial charge in [-0.15, -0.1) is 0 Å². The Morgan fingerprint density at radius 1 is 1.52 bits per heavy atom. The second-order valence-corrected chi connectivity index (χ2v) is 5.23. The lowest BCUT2D eigenvalue weighted by atomic mass is 9.98. The van der Waals surface area contributed by atoms with E-state index in [0.29, 0.717) is 0 Å². The Labute approximate surface area is 134 Å². The molecule has 1 aliphatic rings. The van der Waals surface area contributed by atoms with Gasteiger partial charge in [-0.05, 0) is 6.92 Å². The van der Waals surface area contributed by atoms with Gasteiger partial charge in [-0.3, -0.25) is 14.9 Å². The zero-order valence-corrected chi connectivity index (χ0v) is 13.5. The lowest BCUT2D eigenvalue weighted by Crippen LogP contribution is -2.46. The van der Waals surface area contributed by atoms with Crippen molar-refractivity contribution in [3.8, 4) is 0 Å². The minimum Gasteiger partial charge on any atom is -0.490 e. The van der Waals surface area contributed by atoms with Crippen LogP contribution in [-0.2, 0) is 28.6 Å². The fourth-order valence-electron chi connectivity index (χ4n) is 2.50. The number of likely N-dealkylation sites (N-methyl/N-ethyl adjacent to an activating group) is 1. The monoisotopic (exact) mass is 333 g/mol. The summed E-state index contributed by atoms with van der Waals surface area (Å²) in [6.07, 6.45) is -1.02. The average molecular weight is 333 g/mol. The molecule has 0 aromatic heterocycles. The number of aliphatic hydroxyl groups excluding tert-OH is 1. The quantitative estimate of drug-likeness (QED) is 0.201. The Hall–Kier alpha value is -1.72. The first-order chi connectivity index (χ1) is 10.8. The fraction of sp³-hybridized carbons (Fsp3) is 0.692. The molecule has 4 atom stereocenters. The number of hydrogen-bond donors (Lipinski definition) is 3. The fourth-order valence-corrected chi connectivity index (χ4v) is 2.50. The first-order valence-electron chi connectivity index (χ1n) is 6.77. The highest BCUT2D eigenvalue weighted by molar-refractivity contribution is 5.97. The maximum absolute atomic E-state index is 11.6. The number of carbonyl (C=O) groups is 2. The van der Waals surface area contributed by atoms with Crippen molar-refractivity contribution < 1.29 is 33.7 Å². The molecule has 1 aliphatic heterocycles. The van der Waals surface area contributed by atoms with Crippen molar-refractivity contribution in [1.82, 2.24) is 10.2 Å². The number of nitrogens with two attached hydrogens (primary N) is 1. The van der Waals surface area contributed by atoms with Crippen LogP contribution in [0, 0.1) is 0 Å². The van der Waals surface area contributed by atoms with Gasteiger partial charge in [0.15, 0.2) is 12.0 Å². The van der Waals surface area contributed by atoms with Gasteiger partial charge in [0.05, 0.1) is 13.7 Å². The number of rotatable bonds is 8. The minimum atomic E-state index is -1.03. The van der Waals surface area contributed by atoms with Crippen molar-refractivity contribution in [1.29, 1.82) is 0 Å². The number of hydrogen-bond acceptors (Lipinski definition) is 9. The third-order valence-electron chi connectivity index (χ3n) is 3.57. The van der Waals surface area contributed by atoms with Gasteiger partial charge in [0.1, 0.15) is 17.8 Å². The summed E-state index contributed by atoms with van der Waals surface area (Å²) in [5.41, 5.74) is -0.978. The van der Waals surface area contributed by atoms with Crippen LogP contribution in [0.1, 0.15) is 6.92 Å². The van der Waals surface area contributed by atoms with Crippen molar-refractivity contribution in [3.05, 3.63) is 12.0 Å². The first-order valence-corrected chi connectivity index (χ1v) is 6.77. The van der Waals surface area contributed by atoms with E-state index in [9.17, 15) is 14.7 Å². The Bertz CT molecular complexity index is 459. The largest absolute Gasteiger partial charge is 0.490 e. The third kappa shape index (κ3) is 4.18. The summed E-state index contributed by atoms with van der Waals surface area (Å²) in [5.74, 6) is 4.25. The van der Waals surface area contributed by atoms with Crippen LogP contribution < -0.4 is 11.2 Å². The van der Waals surface area contributed by atoms with E-state index in [1.165, 1.54) is 25.3 Å². The molecule has 0 aromatic carbocycles. The van der Waals surface area contributed by atoms with Crippen LogP contribution in [0.15, 0.2) is 12.0 Å². The van der Waals surface area contributed by atoms with Crippen molar-refractivity contribution in [2.24, 2.45) is 5.90 Å². The van der Waals surface area contributed by atoms with Gasteiger partial charge >= 0.3 is 0 Å². The average Bonchev–Trinajstić information content (AvgIpc) is 2.75. The summed E-state index contributed by atoms with van der Waals surface area (Å²) in [7, 11) is 4.28. The van der Waals surface area contributed by atoms with Crippen LogP contribution in [0.5, 0.6) is 0 Å². The molecular formula is C13H23N3O7. The molecule has 1 heterocycles. The van der Waals surface area contributed by atoms with Crippen molar-refractivity contribution in [2.75, 3.05) is 27.9 Å². The number of carbonyl (C=O) groups excluding carboxylic acids is 2. The molecule has 23 heavy (non-hydrogen) atoms. The smallest absolute Gasteiger partial charge is 0.294 e. The SMILES string of the molecule is CO/C(=C/N(C)C1OC(C)(CON)C(OC)C1O)C(=O)NC=O. The lowest BCUT2D eigenvalue weighted by molar-refractivity contribution is -0.142. The number of amides is 2. The summed E-state index contributed by atoms with van der Waals surface area (Å²) < 4.78 is 16.0. The van der Waals surface area contributed by atoms with Crippen molar-refractivity contribution >= 4 is 12.3 Å². The maximum Gasteiger partial charge on any atom is 0.294 e. The van der Waals surface area contributed by atoms with Gasteiger partial charge in [0, 0.05) is 20.4 Å². The van der Waals surface area contributed by atoms with E-state index in [1.807, 2.05) is 5.32 Å². The summed E-state index contributed by atoms with van der Waals surface area (Å²) in [5, 5.41) is 12.4. The molecule has 0 bridgehead atoms. The van der Waals surface area contributed by atoms with Gasteiger partial charge in [-0.2, -0.15) is 0 Å². The molecular weight excluding hydrogens is 310 g/mol. The molecule has 2 amide bonds. The lowest BCUT2D eigenvalue weighted by Gasteiger charge is -2.29. The van der Waals surface area contributed by atoms with Crippen LogP contribution in [-0.4, -0.2) is 74.2 Å². The molecule has 0 aliphatic carbocycles. The first kappa shape index (κ1) is 19.3. The predicted octanol–water partition coefficient (Wildman–Crippen LogP) is -1.94. The van der Waals surface area contributed by atoms with Gasteiger partial charge in [0.2, 0.25) is 6.41 Å². The van der Waals surface area contributed by atoms with Gasteiger partial charge in [-0.1, -0.05) is 0 Å². The van der Waals surface area contributed by atoms with Gasteiger partial charge in [0.25, 0.3) is 5.91 Å². The van der Waals surface area contributed by atoms with E-state index < -0.39 is 29.9 Å². The third-order valence-corrected chi connectivity index (χ3v) is 3.57. The number of nitrogens with zero attached hydrogens (tertiary/aromatic N) is 1. The maximum atomic E-state index is 11.6. The Morgan fingerprint density at radius 2 is 2.17 bits per heavy atom. The van der Waals surface area contributed by atoms with Gasteiger partial charge in [-0.25, -0.2) is 5.90 Å². The van der Waals surface area contributed by atoms with E-state index in [2.05, 4.69) is 4.84 Å². The molecule has 4 N–H and O–H groups in total. The number of imide groups is 1. The minimum absolute atomic E-state index is 0.000611. The van der Waals surface area contributed by atoms with Crippen LogP contribution in [0.4, 0.5) is 0 Å². The van der Waals surface area contributed by atoms with Crippen LogP contribution in [0.2, 0.25) is 0 Å². The van der Waals surface area contributed by atoms with Crippen LogP contribution >= 0.6 is 0 Å². The molecule has 10 nitrogen and oxygen atoms in total. The number of ether oxygens (including phenoxy) is 3. The summed E-state index contributed by atoms with van der Waals surface area (Å²) in [4.78, 5) is 28.0. The summed E-state index contributed by atoms with van der Waals surface area (Å²) in [6.45, 7) is 1.69. The number of aliphatic hydroxyl groups is 1. The highest BCUT2D eigenvalue weighted by Gasteiger charge is 2.53. The van der Waals surface area contributed by atoms with E-state index in [-0.39, 0.29) is 18.8 Å². The van der Waals surface area contributed by atoms with Crippen molar-refractivity contribution in [3.63, 3.8) is 0 Å². The topological polar surface area (TPSA) is 133 Å². The van der Waals surface area contributed by atoms with Crippen LogP contribution in [0.3, 0.4) is 0 Å². The summed E-state index contributed by atoms with van der Waals surface area (Å²) in [6, 6.07) is 0. The zero-order chi connectivity index (χ0) is 17.6. The highest BCUT2D eigenvalue weighted by atomic mass is 16.7. The normalized spacial score (nSPS) is 30.9. The molecule has 0 aromatic rings. The Balaban J connectivity index is 2.96. The van der Waals surface area contributed by atoms with E-state index in [0.717, 1.165) is 0 Å². The molecule has 4 unspecified atom stereocenters. The summed E-state index contributed by atoms with van der Waals surface area (Å²) >= 11 is 0. The Kier molecular flexibility index (Phi) is 6.91. The van der Waals surface area contributed by atoms with Crippen LogP contribution in [0.25, 0.3) is 0 Å². The Morgan fingerprint density at radius 3 is 2.65 bits per heavy atom. The second kappa shape index (κ2) is 8.22. The molecule has 132 valence electrons. The number of nitrogens with one attached hydrogen (secondary N) is 1.